The quantitative estimate of drug-likeness (QED) is 0.575. The Kier molecular flexibility index (Phi) is 5.88. The molecule has 0 saturated carbocycles. The Morgan fingerprint density at radius 2 is 2.38 bits per heavy atom. The lowest BCUT2D eigenvalue weighted by Gasteiger charge is -2.00. The molecule has 0 aliphatic carbocycles. The molecule has 1 rings (SSSR count). The largest absolute Gasteiger partial charge is 0.394 e. The second-order valence-electron chi connectivity index (χ2n) is 2.73. The highest BCUT2D eigenvalue weighted by Crippen LogP contribution is 2.21. The summed E-state index contributed by atoms with van der Waals surface area (Å²) in [5, 5.41) is 2.96. The molecule has 1 N–H and O–H groups in total. The average molecular weight is 441 g/mol. The van der Waals surface area contributed by atoms with Crippen LogP contribution in [0.15, 0.2) is 41.2 Å². The maximum atomic E-state index is 4.26. The first-order chi connectivity index (χ1) is 7.70. The number of allylic oxidation sites excluding steroid dienone is 4. The topological polar surface area (TPSA) is 41.7 Å². The normalized spacial score (nSPS) is 12.4. The van der Waals surface area contributed by atoms with Crippen molar-refractivity contribution in [2.24, 2.45) is 0 Å². The molecule has 0 aliphatic heterocycles. The maximum Gasteiger partial charge on any atom is 0.283 e. The first-order valence-electron chi connectivity index (χ1n) is 4.45. The van der Waals surface area contributed by atoms with Gasteiger partial charge >= 0.3 is 0 Å². The summed E-state index contributed by atoms with van der Waals surface area (Å²) in [5.74, 6) is 0.839. The van der Waals surface area contributed by atoms with E-state index in [1.165, 1.54) is 6.33 Å². The Labute approximate surface area is 122 Å². The molecule has 0 aromatic carbocycles. The minimum Gasteiger partial charge on any atom is -0.394 e. The molecule has 84 valence electrons. The van der Waals surface area contributed by atoms with Gasteiger partial charge in [-0.1, -0.05) is 22.6 Å². The molecule has 16 heavy (non-hydrogen) atoms. The van der Waals surface area contributed by atoms with E-state index >= 15 is 0 Å². The Hall–Kier alpha value is -0.510. The van der Waals surface area contributed by atoms with Gasteiger partial charge in [-0.15, -0.1) is 0 Å². The first kappa shape index (κ1) is 13.6. The molecule has 6 heteroatoms. The van der Waals surface area contributed by atoms with Crippen LogP contribution in [0.3, 0.4) is 0 Å². The van der Waals surface area contributed by atoms with Crippen LogP contribution in [0, 0.1) is 0 Å². The van der Waals surface area contributed by atoms with Gasteiger partial charge in [0.15, 0.2) is 22.9 Å². The predicted molar refractivity (Wildman–Crippen MR) is 81.0 cm³/mol. The van der Waals surface area contributed by atoms with Crippen molar-refractivity contribution < 1.29 is 2.78 Å². The summed E-state index contributed by atoms with van der Waals surface area (Å²) in [6.07, 6.45) is 8.86. The molecule has 0 amide bonds. The zero-order valence-corrected chi connectivity index (χ0v) is 13.0. The fraction of sp³-hybridized carbons (Fsp3) is 0.100. The molecule has 0 aliphatic rings. The minimum absolute atomic E-state index is 0.839. The van der Waals surface area contributed by atoms with Crippen molar-refractivity contribution in [1.82, 2.24) is 15.3 Å². The van der Waals surface area contributed by atoms with Gasteiger partial charge in [-0.3, -0.25) is 0 Å². The van der Waals surface area contributed by atoms with E-state index in [-0.39, 0.29) is 0 Å². The van der Waals surface area contributed by atoms with Crippen LogP contribution in [0.25, 0.3) is 5.57 Å². The van der Waals surface area contributed by atoms with Crippen LogP contribution >= 0.6 is 45.5 Å². The summed E-state index contributed by atoms with van der Waals surface area (Å²) in [6, 6.07) is 0. The fourth-order valence-corrected chi connectivity index (χ4v) is 1.96. The molecule has 1 aromatic heterocycles. The molecule has 0 fully saturated rings. The van der Waals surface area contributed by atoms with E-state index in [0.29, 0.717) is 0 Å². The molecule has 0 spiro atoms. The standard InChI is InChI=1S/C10H11I2N4/c1-3-9(11)8(4-5-13-2)10-15-6-14-7-16(10)12/h3-7,13H,1H2,2H3/q+1/b5-4-,9-8-. The Morgan fingerprint density at radius 3 is 2.94 bits per heavy atom. The van der Waals surface area contributed by atoms with Crippen LogP contribution in [-0.4, -0.2) is 17.0 Å². The SMILES string of the molecule is C=C/C(I)=C(\C=C/NC)c1ncnc[n+]1I. The first-order valence-corrected chi connectivity index (χ1v) is 6.49. The van der Waals surface area contributed by atoms with Gasteiger partial charge in [-0.2, -0.15) is 2.78 Å². The smallest absolute Gasteiger partial charge is 0.283 e. The number of aromatic nitrogens is 3. The van der Waals surface area contributed by atoms with E-state index in [4.69, 9.17) is 0 Å². The number of nitrogens with one attached hydrogen (secondary N) is 1. The van der Waals surface area contributed by atoms with Gasteiger partial charge < -0.3 is 5.32 Å². The summed E-state index contributed by atoms with van der Waals surface area (Å²) in [4.78, 5) is 8.20. The lowest BCUT2D eigenvalue weighted by atomic mass is 10.2. The highest BCUT2D eigenvalue weighted by Gasteiger charge is 2.14. The van der Waals surface area contributed by atoms with Crippen molar-refractivity contribution in [3.63, 3.8) is 0 Å². The highest BCUT2D eigenvalue weighted by molar-refractivity contribution is 14.1. The van der Waals surface area contributed by atoms with Gasteiger partial charge in [0, 0.05) is 10.6 Å². The average Bonchev–Trinajstić information content (AvgIpc) is 2.31. The molecule has 1 heterocycles. The van der Waals surface area contributed by atoms with E-state index in [2.05, 4.69) is 67.3 Å². The van der Waals surface area contributed by atoms with Gasteiger partial charge in [0.25, 0.3) is 12.2 Å². The number of hydrogen-bond acceptors (Lipinski definition) is 3. The van der Waals surface area contributed by atoms with Crippen molar-refractivity contribution in [2.75, 3.05) is 7.05 Å². The molecule has 0 atom stereocenters. The molecule has 0 bridgehead atoms. The van der Waals surface area contributed by atoms with Gasteiger partial charge in [0.1, 0.15) is 0 Å². The van der Waals surface area contributed by atoms with Crippen molar-refractivity contribution in [3.8, 4) is 0 Å². The molecular weight excluding hydrogens is 430 g/mol. The maximum absolute atomic E-state index is 4.26. The predicted octanol–water partition coefficient (Wildman–Crippen LogP) is 2.03. The van der Waals surface area contributed by atoms with E-state index < -0.39 is 0 Å². The van der Waals surface area contributed by atoms with Crippen LogP contribution in [0.2, 0.25) is 0 Å². The second-order valence-corrected chi connectivity index (χ2v) is 4.93. The van der Waals surface area contributed by atoms with Gasteiger partial charge in [-0.05, 0) is 34.9 Å². The molecule has 0 unspecified atom stereocenters. The third-order valence-electron chi connectivity index (χ3n) is 1.71. The van der Waals surface area contributed by atoms with Gasteiger partial charge in [0.05, 0.1) is 5.57 Å². The lowest BCUT2D eigenvalue weighted by Crippen LogP contribution is -2.27. The summed E-state index contributed by atoms with van der Waals surface area (Å²) in [5.41, 5.74) is 1.00. The number of rotatable bonds is 4. The summed E-state index contributed by atoms with van der Waals surface area (Å²) in [6.45, 7) is 3.77. The molecule has 4 nitrogen and oxygen atoms in total. The van der Waals surface area contributed by atoms with Crippen molar-refractivity contribution in [2.45, 2.75) is 0 Å². The summed E-state index contributed by atoms with van der Waals surface area (Å²) >= 11 is 4.38. The van der Waals surface area contributed by atoms with Gasteiger partial charge in [0.2, 0.25) is 6.33 Å². The highest BCUT2D eigenvalue weighted by atomic mass is 127. The van der Waals surface area contributed by atoms with Crippen molar-refractivity contribution in [1.29, 1.82) is 0 Å². The van der Waals surface area contributed by atoms with Crippen LogP contribution in [0.5, 0.6) is 0 Å². The lowest BCUT2D eigenvalue weighted by molar-refractivity contribution is -0.452. The van der Waals surface area contributed by atoms with Crippen molar-refractivity contribution in [3.05, 3.63) is 47.0 Å². The molecule has 1 aromatic rings. The molecule has 0 saturated heterocycles. The number of nitrogens with zero attached hydrogens (tertiary/aromatic N) is 3. The second kappa shape index (κ2) is 6.94. The molecular formula is C10H11I2N4+. The molecule has 0 radical (unpaired) electrons. The zero-order valence-electron chi connectivity index (χ0n) is 8.69. The number of hydrogen-bond donors (Lipinski definition) is 1. The summed E-state index contributed by atoms with van der Waals surface area (Å²) in [7, 11) is 1.85. The fourth-order valence-electron chi connectivity index (χ4n) is 1.01. The van der Waals surface area contributed by atoms with Gasteiger partial charge in [-0.25, -0.2) is 0 Å². The van der Waals surface area contributed by atoms with E-state index in [9.17, 15) is 0 Å². The van der Waals surface area contributed by atoms with Crippen molar-refractivity contribution >= 4 is 51.0 Å². The van der Waals surface area contributed by atoms with E-state index in [1.807, 2.05) is 22.1 Å². The minimum atomic E-state index is 0.839. The van der Waals surface area contributed by atoms with E-state index in [0.717, 1.165) is 15.0 Å². The third kappa shape index (κ3) is 3.51. The van der Waals surface area contributed by atoms with Crippen LogP contribution < -0.4 is 8.10 Å². The number of halogens is 2. The van der Waals surface area contributed by atoms with Crippen LogP contribution in [0.1, 0.15) is 5.82 Å². The zero-order chi connectivity index (χ0) is 12.0. The Bertz CT molecular complexity index is 440. The monoisotopic (exact) mass is 441 g/mol. The van der Waals surface area contributed by atoms with Crippen LogP contribution in [-0.2, 0) is 0 Å². The van der Waals surface area contributed by atoms with E-state index in [1.54, 1.807) is 12.4 Å². The Morgan fingerprint density at radius 1 is 1.62 bits per heavy atom. The third-order valence-corrected chi connectivity index (χ3v) is 3.44. The summed E-state index contributed by atoms with van der Waals surface area (Å²) < 4.78 is 2.88. The van der Waals surface area contributed by atoms with Crippen LogP contribution in [0.4, 0.5) is 0 Å². The Balaban J connectivity index is 3.28.